The van der Waals surface area contributed by atoms with Crippen LogP contribution in [-0.4, -0.2) is 19.2 Å². The van der Waals surface area contributed by atoms with Crippen molar-refractivity contribution in [2.45, 2.75) is 52.4 Å². The Hall–Kier alpha value is -0.810. The van der Waals surface area contributed by atoms with Crippen molar-refractivity contribution < 1.29 is 14.3 Å². The van der Waals surface area contributed by atoms with E-state index in [2.05, 4.69) is 58.4 Å². The summed E-state index contributed by atoms with van der Waals surface area (Å²) >= 11 is 7.11. The minimum absolute atomic E-state index is 0.306. The van der Waals surface area contributed by atoms with Crippen molar-refractivity contribution in [2.75, 3.05) is 13.2 Å². The minimum Gasteiger partial charge on any atom is -0.492 e. The van der Waals surface area contributed by atoms with Gasteiger partial charge in [0, 0.05) is 10.0 Å². The first-order valence-corrected chi connectivity index (χ1v) is 9.86. The lowest BCUT2D eigenvalue weighted by Gasteiger charge is -2.16. The van der Waals surface area contributed by atoms with E-state index in [1.165, 1.54) is 5.56 Å². The van der Waals surface area contributed by atoms with Crippen LogP contribution in [0.1, 0.15) is 57.9 Å². The molecule has 0 aliphatic rings. The zero-order valence-electron chi connectivity index (χ0n) is 14.7. The van der Waals surface area contributed by atoms with Crippen LogP contribution in [0.5, 0.6) is 5.75 Å². The second-order valence-corrected chi connectivity index (χ2v) is 7.91. The van der Waals surface area contributed by atoms with Crippen molar-refractivity contribution in [1.29, 1.82) is 0 Å². The van der Waals surface area contributed by atoms with Gasteiger partial charge in [-0.3, -0.25) is 0 Å². The molecule has 0 aromatic heterocycles. The molecule has 0 saturated carbocycles. The molecule has 0 saturated heterocycles. The molecule has 0 heterocycles. The highest BCUT2D eigenvalue weighted by atomic mass is 79.9. The largest absolute Gasteiger partial charge is 0.492 e. The number of hydrogen-bond acceptors (Lipinski definition) is 3. The van der Waals surface area contributed by atoms with Crippen LogP contribution in [0.2, 0.25) is 0 Å². The number of ether oxygens (including phenoxy) is 2. The highest BCUT2D eigenvalue weighted by Gasteiger charge is 2.13. The van der Waals surface area contributed by atoms with Gasteiger partial charge in [-0.25, -0.2) is 4.79 Å². The third kappa shape index (κ3) is 7.39. The average Bonchev–Trinajstić information content (AvgIpc) is 2.50. The Bertz CT molecular complexity index is 568. The van der Waals surface area contributed by atoms with Crippen molar-refractivity contribution in [3.05, 3.63) is 38.8 Å². The van der Waals surface area contributed by atoms with Crippen LogP contribution < -0.4 is 4.74 Å². The van der Waals surface area contributed by atoms with Crippen LogP contribution in [0, 0.1) is 0 Å². The van der Waals surface area contributed by atoms with Crippen molar-refractivity contribution in [1.82, 2.24) is 0 Å². The van der Waals surface area contributed by atoms with E-state index in [1.54, 1.807) is 6.92 Å². The van der Waals surface area contributed by atoms with E-state index >= 15 is 0 Å². The molecule has 0 amide bonds. The number of halogens is 2. The van der Waals surface area contributed by atoms with Gasteiger partial charge in [-0.2, -0.15) is 0 Å². The van der Waals surface area contributed by atoms with Gasteiger partial charge in [-0.1, -0.05) is 36.4 Å². The van der Waals surface area contributed by atoms with Crippen LogP contribution >= 0.6 is 31.9 Å². The third-order valence-electron chi connectivity index (χ3n) is 3.53. The van der Waals surface area contributed by atoms with Crippen LogP contribution in [0.25, 0.3) is 0 Å². The van der Waals surface area contributed by atoms with Gasteiger partial charge in [-0.15, -0.1) is 0 Å². The summed E-state index contributed by atoms with van der Waals surface area (Å²) in [6, 6.07) is 4.12. The topological polar surface area (TPSA) is 35.5 Å². The minimum atomic E-state index is -0.306. The molecule has 0 unspecified atom stereocenters. The number of rotatable bonds is 10. The number of carbonyl (C=O) groups excluding carboxylic acids is 1. The van der Waals surface area contributed by atoms with Gasteiger partial charge in [0.15, 0.2) is 0 Å². The van der Waals surface area contributed by atoms with Crippen molar-refractivity contribution >= 4 is 37.8 Å². The van der Waals surface area contributed by atoms with E-state index in [0.717, 1.165) is 40.4 Å². The zero-order chi connectivity index (χ0) is 18.1. The summed E-state index contributed by atoms with van der Waals surface area (Å²) in [5.74, 6) is 1.03. The van der Waals surface area contributed by atoms with E-state index in [1.807, 2.05) is 6.07 Å². The van der Waals surface area contributed by atoms with Crippen molar-refractivity contribution in [3.8, 4) is 5.75 Å². The quantitative estimate of drug-likeness (QED) is 0.230. The second kappa shape index (κ2) is 10.9. The van der Waals surface area contributed by atoms with E-state index in [4.69, 9.17) is 9.47 Å². The number of carbonyl (C=O) groups is 1. The first-order chi connectivity index (χ1) is 11.3. The summed E-state index contributed by atoms with van der Waals surface area (Å²) in [6.45, 7) is 10.7. The molecule has 0 radical (unpaired) electrons. The maximum atomic E-state index is 11.2. The normalized spacial score (nSPS) is 10.8. The number of benzene rings is 1. The molecule has 3 nitrogen and oxygen atoms in total. The van der Waals surface area contributed by atoms with Gasteiger partial charge < -0.3 is 9.47 Å². The predicted octanol–water partition coefficient (Wildman–Crippen LogP) is 6.39. The second-order valence-electron chi connectivity index (χ2n) is 6.14. The van der Waals surface area contributed by atoms with Crippen molar-refractivity contribution in [3.63, 3.8) is 0 Å². The smallest absolute Gasteiger partial charge is 0.333 e. The van der Waals surface area contributed by atoms with E-state index in [9.17, 15) is 4.79 Å². The molecule has 1 aromatic carbocycles. The number of hydrogen-bond donors (Lipinski definition) is 0. The first-order valence-electron chi connectivity index (χ1n) is 8.27. The molecule has 1 rings (SSSR count). The summed E-state index contributed by atoms with van der Waals surface area (Å²) in [5, 5.41) is 0. The summed E-state index contributed by atoms with van der Waals surface area (Å²) in [5.41, 5.74) is 1.65. The van der Waals surface area contributed by atoms with Gasteiger partial charge in [0.1, 0.15) is 5.75 Å². The highest BCUT2D eigenvalue weighted by molar-refractivity contribution is 9.11. The number of unbranched alkanes of at least 4 members (excludes halogenated alkanes) is 3. The standard InChI is InChI=1S/C19H26Br2O3/c1-13(2)16-11-15(20)12-17(21)18(16)23-9-7-5-6-8-10-24-19(22)14(3)4/h11-13H,3,5-10H2,1-2,4H3. The SMILES string of the molecule is C=C(C)C(=O)OCCCCCCOc1c(Br)cc(Br)cc1C(C)C. The molecule has 0 atom stereocenters. The monoisotopic (exact) mass is 460 g/mol. The molecule has 0 aliphatic carbocycles. The molecular weight excluding hydrogens is 436 g/mol. The molecule has 0 N–H and O–H groups in total. The fourth-order valence-electron chi connectivity index (χ4n) is 2.18. The fourth-order valence-corrected chi connectivity index (χ4v) is 3.55. The lowest BCUT2D eigenvalue weighted by molar-refractivity contribution is -0.139. The summed E-state index contributed by atoms with van der Waals surface area (Å²) in [6.07, 6.45) is 3.92. The van der Waals surface area contributed by atoms with Crippen molar-refractivity contribution in [2.24, 2.45) is 0 Å². The van der Waals surface area contributed by atoms with E-state index < -0.39 is 0 Å². The zero-order valence-corrected chi connectivity index (χ0v) is 17.8. The van der Waals surface area contributed by atoms with E-state index in [-0.39, 0.29) is 5.97 Å². The molecule has 0 fully saturated rings. The maximum absolute atomic E-state index is 11.2. The molecule has 0 spiro atoms. The van der Waals surface area contributed by atoms with Crippen LogP contribution in [0.3, 0.4) is 0 Å². The predicted molar refractivity (Wildman–Crippen MR) is 106 cm³/mol. The summed E-state index contributed by atoms with van der Waals surface area (Å²) in [7, 11) is 0. The van der Waals surface area contributed by atoms with Gasteiger partial charge in [-0.05, 0) is 72.2 Å². The van der Waals surface area contributed by atoms with Gasteiger partial charge in [0.25, 0.3) is 0 Å². The molecule has 0 aliphatic heterocycles. The Morgan fingerprint density at radius 2 is 1.75 bits per heavy atom. The Balaban J connectivity index is 2.29. The first kappa shape index (κ1) is 21.2. The fraction of sp³-hybridized carbons (Fsp3) is 0.526. The molecule has 134 valence electrons. The Kier molecular flexibility index (Phi) is 9.67. The molecular formula is C19H26Br2O3. The molecule has 0 bridgehead atoms. The van der Waals surface area contributed by atoms with Crippen LogP contribution in [0.15, 0.2) is 33.2 Å². The molecule has 24 heavy (non-hydrogen) atoms. The van der Waals surface area contributed by atoms with Gasteiger partial charge in [0.2, 0.25) is 0 Å². The summed E-state index contributed by atoms with van der Waals surface area (Å²) < 4.78 is 13.1. The number of esters is 1. The maximum Gasteiger partial charge on any atom is 0.333 e. The van der Waals surface area contributed by atoms with Crippen LogP contribution in [0.4, 0.5) is 0 Å². The Morgan fingerprint density at radius 3 is 2.33 bits per heavy atom. The molecule has 1 aromatic rings. The highest BCUT2D eigenvalue weighted by Crippen LogP contribution is 2.37. The van der Waals surface area contributed by atoms with Gasteiger partial charge in [0.05, 0.1) is 17.7 Å². The Labute approximate surface area is 162 Å². The Morgan fingerprint density at radius 1 is 1.12 bits per heavy atom. The lowest BCUT2D eigenvalue weighted by atomic mass is 10.0. The van der Waals surface area contributed by atoms with E-state index in [0.29, 0.717) is 24.7 Å². The van der Waals surface area contributed by atoms with Crippen LogP contribution in [-0.2, 0) is 9.53 Å². The van der Waals surface area contributed by atoms with Gasteiger partial charge >= 0.3 is 5.97 Å². The third-order valence-corrected chi connectivity index (χ3v) is 4.57. The lowest BCUT2D eigenvalue weighted by Crippen LogP contribution is -2.06. The average molecular weight is 462 g/mol. The molecule has 5 heteroatoms. The summed E-state index contributed by atoms with van der Waals surface area (Å²) in [4.78, 5) is 11.2.